The van der Waals surface area contributed by atoms with Crippen LogP contribution in [-0.4, -0.2) is 62.2 Å². The van der Waals surface area contributed by atoms with Crippen LogP contribution in [0.25, 0.3) is 16.6 Å². The van der Waals surface area contributed by atoms with Crippen molar-refractivity contribution in [2.45, 2.75) is 6.04 Å². The predicted molar refractivity (Wildman–Crippen MR) is 114 cm³/mol. The maximum Gasteiger partial charge on any atom is 0.254 e. The van der Waals surface area contributed by atoms with Crippen molar-refractivity contribution in [2.24, 2.45) is 0 Å². The molecule has 5 rings (SSSR count). The fourth-order valence-electron chi connectivity index (χ4n) is 4.02. The Hall–Kier alpha value is -3.65. The summed E-state index contributed by atoms with van der Waals surface area (Å²) in [6.45, 7) is 1.91. The van der Waals surface area contributed by atoms with Gasteiger partial charge in [0.05, 0.1) is 11.6 Å². The highest BCUT2D eigenvalue weighted by molar-refractivity contribution is 5.94. The summed E-state index contributed by atoms with van der Waals surface area (Å²) in [6, 6.07) is 13.8. The quantitative estimate of drug-likeness (QED) is 0.514. The minimum absolute atomic E-state index is 0.00892. The molecule has 0 spiro atoms. The number of aromatic nitrogens is 4. The number of benzene rings is 1. The van der Waals surface area contributed by atoms with Gasteiger partial charge in [-0.25, -0.2) is 8.91 Å². The standard InChI is InChI=1S/C23H21FN6O/c1-28-11-12-29(23(31)16-7-9-25-10-8-16)15-21(28)22-20-6-5-18(14-30(20)27-26-22)17-3-2-4-19(24)13-17/h2-10,13-14,21H,11-12,15H2,1H3. The van der Waals surface area contributed by atoms with Gasteiger partial charge in [0, 0.05) is 49.4 Å². The molecule has 0 aliphatic carbocycles. The van der Waals surface area contributed by atoms with Crippen molar-refractivity contribution in [3.63, 3.8) is 0 Å². The average molecular weight is 416 g/mol. The Morgan fingerprint density at radius 3 is 2.71 bits per heavy atom. The van der Waals surface area contributed by atoms with Crippen molar-refractivity contribution in [1.29, 1.82) is 0 Å². The van der Waals surface area contributed by atoms with E-state index in [-0.39, 0.29) is 17.8 Å². The highest BCUT2D eigenvalue weighted by atomic mass is 19.1. The number of amides is 1. The summed E-state index contributed by atoms with van der Waals surface area (Å²) in [4.78, 5) is 21.0. The monoisotopic (exact) mass is 416 g/mol. The van der Waals surface area contributed by atoms with Gasteiger partial charge in [-0.3, -0.25) is 14.7 Å². The Kier molecular flexibility index (Phi) is 4.91. The number of nitrogens with zero attached hydrogens (tertiary/aromatic N) is 6. The van der Waals surface area contributed by atoms with Gasteiger partial charge in [0.15, 0.2) is 0 Å². The maximum absolute atomic E-state index is 13.6. The molecule has 1 atom stereocenters. The molecule has 0 bridgehead atoms. The zero-order valence-corrected chi connectivity index (χ0v) is 17.0. The summed E-state index contributed by atoms with van der Waals surface area (Å²) in [5.41, 5.74) is 3.96. The second-order valence-electron chi connectivity index (χ2n) is 7.72. The number of hydrogen-bond acceptors (Lipinski definition) is 5. The van der Waals surface area contributed by atoms with Crippen LogP contribution in [-0.2, 0) is 0 Å². The molecule has 0 radical (unpaired) electrons. The van der Waals surface area contributed by atoms with E-state index in [2.05, 4.69) is 20.2 Å². The van der Waals surface area contributed by atoms with Gasteiger partial charge in [-0.15, -0.1) is 5.10 Å². The molecule has 1 aliphatic rings. The van der Waals surface area contributed by atoms with Crippen molar-refractivity contribution < 1.29 is 9.18 Å². The van der Waals surface area contributed by atoms with E-state index in [9.17, 15) is 9.18 Å². The SMILES string of the molecule is CN1CCN(C(=O)c2ccncc2)CC1c1nnn2cc(-c3cccc(F)c3)ccc12. The van der Waals surface area contributed by atoms with Crippen molar-refractivity contribution in [2.75, 3.05) is 26.7 Å². The fraction of sp³-hybridized carbons (Fsp3) is 0.217. The van der Waals surface area contributed by atoms with Crippen LogP contribution < -0.4 is 0 Å². The second-order valence-corrected chi connectivity index (χ2v) is 7.72. The first-order valence-electron chi connectivity index (χ1n) is 10.1. The molecule has 1 fully saturated rings. The van der Waals surface area contributed by atoms with Crippen molar-refractivity contribution >= 4 is 11.4 Å². The van der Waals surface area contributed by atoms with E-state index in [0.717, 1.165) is 28.9 Å². The Morgan fingerprint density at radius 2 is 1.90 bits per heavy atom. The number of pyridine rings is 2. The number of carbonyl (C=O) groups excluding carboxylic acids is 1. The topological polar surface area (TPSA) is 66.6 Å². The molecule has 3 aromatic heterocycles. The van der Waals surface area contributed by atoms with Crippen molar-refractivity contribution in [3.05, 3.63) is 84.2 Å². The van der Waals surface area contributed by atoms with E-state index in [1.807, 2.05) is 36.3 Å². The first-order chi connectivity index (χ1) is 15.1. The van der Waals surface area contributed by atoms with E-state index in [0.29, 0.717) is 18.7 Å². The van der Waals surface area contributed by atoms with E-state index in [4.69, 9.17) is 0 Å². The zero-order valence-electron chi connectivity index (χ0n) is 17.0. The summed E-state index contributed by atoms with van der Waals surface area (Å²) in [6.07, 6.45) is 5.11. The molecule has 4 heterocycles. The third kappa shape index (κ3) is 3.66. The molecule has 1 unspecified atom stereocenters. The normalized spacial score (nSPS) is 17.2. The Morgan fingerprint density at radius 1 is 1.06 bits per heavy atom. The van der Waals surface area contributed by atoms with Crippen LogP contribution >= 0.6 is 0 Å². The van der Waals surface area contributed by atoms with Crippen LogP contribution in [0.4, 0.5) is 4.39 Å². The van der Waals surface area contributed by atoms with Crippen molar-refractivity contribution in [3.8, 4) is 11.1 Å². The molecule has 31 heavy (non-hydrogen) atoms. The Balaban J connectivity index is 1.44. The van der Waals surface area contributed by atoms with Crippen LogP contribution in [0.2, 0.25) is 0 Å². The van der Waals surface area contributed by atoms with Gasteiger partial charge in [-0.05, 0) is 42.9 Å². The third-order valence-corrected chi connectivity index (χ3v) is 5.78. The summed E-state index contributed by atoms with van der Waals surface area (Å²) >= 11 is 0. The summed E-state index contributed by atoms with van der Waals surface area (Å²) in [5, 5.41) is 8.74. The largest absolute Gasteiger partial charge is 0.335 e. The van der Waals surface area contributed by atoms with Crippen LogP contribution in [0.15, 0.2) is 67.1 Å². The lowest BCUT2D eigenvalue weighted by atomic mass is 10.0. The Labute approximate surface area is 178 Å². The minimum atomic E-state index is -0.278. The molecule has 0 saturated carbocycles. The van der Waals surface area contributed by atoms with Gasteiger partial charge in [0.2, 0.25) is 0 Å². The number of hydrogen-bond donors (Lipinski definition) is 0. The van der Waals surface area contributed by atoms with Crippen LogP contribution in [0.5, 0.6) is 0 Å². The molecule has 1 aliphatic heterocycles. The first-order valence-corrected chi connectivity index (χ1v) is 10.1. The zero-order chi connectivity index (χ0) is 21.4. The van der Waals surface area contributed by atoms with Gasteiger partial charge in [0.1, 0.15) is 11.5 Å². The van der Waals surface area contributed by atoms with E-state index < -0.39 is 0 Å². The lowest BCUT2D eigenvalue weighted by Gasteiger charge is -2.38. The van der Waals surface area contributed by atoms with Gasteiger partial charge in [-0.1, -0.05) is 23.4 Å². The molecular weight excluding hydrogens is 395 g/mol. The van der Waals surface area contributed by atoms with Crippen molar-refractivity contribution in [1.82, 2.24) is 29.6 Å². The summed E-state index contributed by atoms with van der Waals surface area (Å²) < 4.78 is 15.3. The number of halogens is 1. The molecular formula is C23H21FN6O. The molecule has 8 heteroatoms. The molecule has 156 valence electrons. The molecule has 4 aromatic rings. The second kappa shape index (κ2) is 7.88. The van der Waals surface area contributed by atoms with E-state index in [1.54, 1.807) is 35.1 Å². The molecule has 1 saturated heterocycles. The maximum atomic E-state index is 13.6. The summed E-state index contributed by atoms with van der Waals surface area (Å²) in [7, 11) is 2.03. The van der Waals surface area contributed by atoms with Crippen LogP contribution in [0.3, 0.4) is 0 Å². The molecule has 1 amide bonds. The van der Waals surface area contributed by atoms with E-state index in [1.165, 1.54) is 12.1 Å². The van der Waals surface area contributed by atoms with Gasteiger partial charge >= 0.3 is 0 Å². The lowest BCUT2D eigenvalue weighted by Crippen LogP contribution is -2.49. The van der Waals surface area contributed by atoms with Gasteiger partial charge < -0.3 is 4.90 Å². The fourth-order valence-corrected chi connectivity index (χ4v) is 4.02. The number of fused-ring (bicyclic) bond motifs is 1. The number of rotatable bonds is 3. The van der Waals surface area contributed by atoms with Crippen LogP contribution in [0, 0.1) is 5.82 Å². The predicted octanol–water partition coefficient (Wildman–Crippen LogP) is 3.06. The van der Waals surface area contributed by atoms with Crippen LogP contribution in [0.1, 0.15) is 22.1 Å². The summed E-state index contributed by atoms with van der Waals surface area (Å²) in [5.74, 6) is -0.287. The highest BCUT2D eigenvalue weighted by Crippen LogP contribution is 2.28. The molecule has 1 aromatic carbocycles. The van der Waals surface area contributed by atoms with Gasteiger partial charge in [0.25, 0.3) is 5.91 Å². The number of carbonyl (C=O) groups is 1. The molecule has 0 N–H and O–H groups in total. The number of likely N-dealkylation sites (N-methyl/N-ethyl adjacent to an activating group) is 1. The van der Waals surface area contributed by atoms with E-state index >= 15 is 0 Å². The highest BCUT2D eigenvalue weighted by Gasteiger charge is 2.32. The smallest absolute Gasteiger partial charge is 0.254 e. The number of piperazine rings is 1. The average Bonchev–Trinajstić information content (AvgIpc) is 3.22. The lowest BCUT2D eigenvalue weighted by molar-refractivity contribution is 0.0542. The molecule has 7 nitrogen and oxygen atoms in total. The van der Waals surface area contributed by atoms with Gasteiger partial charge in [-0.2, -0.15) is 0 Å². The third-order valence-electron chi connectivity index (χ3n) is 5.78. The Bertz CT molecular complexity index is 1240. The first kappa shape index (κ1) is 19.3. The minimum Gasteiger partial charge on any atom is -0.335 e.